The van der Waals surface area contributed by atoms with E-state index in [0.717, 1.165) is 0 Å². The number of aliphatic hydroxyl groups excluding tert-OH is 3. The molecule has 1 amide bonds. The van der Waals surface area contributed by atoms with Gasteiger partial charge < -0.3 is 31.3 Å². The molecule has 0 aliphatic heterocycles. The zero-order chi connectivity index (χ0) is 20.5. The number of rotatable bonds is 1. The highest BCUT2D eigenvalue weighted by atomic mass is 16.3. The van der Waals surface area contributed by atoms with Gasteiger partial charge in [0.2, 0.25) is 5.78 Å². The smallest absolute Gasteiger partial charge is 0.255 e. The summed E-state index contributed by atoms with van der Waals surface area (Å²) in [4.78, 5) is 36.9. The van der Waals surface area contributed by atoms with Gasteiger partial charge in [0.25, 0.3) is 5.91 Å². The zero-order valence-electron chi connectivity index (χ0n) is 14.4. The summed E-state index contributed by atoms with van der Waals surface area (Å²) in [6.45, 7) is 0. The summed E-state index contributed by atoms with van der Waals surface area (Å²) in [6.07, 6.45) is -1.85. The third-order valence-corrected chi connectivity index (χ3v) is 5.91. The summed E-state index contributed by atoms with van der Waals surface area (Å²) >= 11 is 0. The lowest BCUT2D eigenvalue weighted by Crippen LogP contribution is -2.58. The molecular formula is C19H17NO8. The molecule has 146 valence electrons. The van der Waals surface area contributed by atoms with E-state index in [-0.39, 0.29) is 28.9 Å². The minimum atomic E-state index is -2.64. The number of Topliss-reactive ketones (excluding diaryl/α,β-unsaturated/α-hetero) is 2. The molecule has 1 fully saturated rings. The van der Waals surface area contributed by atoms with Crippen molar-refractivity contribution < 1.29 is 39.9 Å². The number of aliphatic hydroxyl groups is 4. The molecule has 28 heavy (non-hydrogen) atoms. The van der Waals surface area contributed by atoms with Crippen molar-refractivity contribution in [1.82, 2.24) is 0 Å². The Morgan fingerprint density at radius 3 is 2.50 bits per heavy atom. The first-order valence-electron chi connectivity index (χ1n) is 8.58. The zero-order valence-corrected chi connectivity index (χ0v) is 14.4. The summed E-state index contributed by atoms with van der Waals surface area (Å²) in [5.41, 5.74) is 1.27. The van der Waals surface area contributed by atoms with Gasteiger partial charge in [-0.25, -0.2) is 0 Å². The van der Waals surface area contributed by atoms with E-state index >= 15 is 0 Å². The predicted molar refractivity (Wildman–Crippen MR) is 92.6 cm³/mol. The number of primary amides is 1. The number of carbonyl (C=O) groups excluding carboxylic acids is 3. The van der Waals surface area contributed by atoms with Crippen LogP contribution in [-0.2, 0) is 14.4 Å². The summed E-state index contributed by atoms with van der Waals surface area (Å²) in [6, 6.07) is 4.20. The maximum atomic E-state index is 13.2. The number of nitrogens with two attached hydrogens (primary N) is 1. The normalized spacial score (nSPS) is 32.0. The number of fused-ring (bicyclic) bond motifs is 3. The lowest BCUT2D eigenvalue weighted by Gasteiger charge is -2.47. The van der Waals surface area contributed by atoms with Crippen molar-refractivity contribution >= 4 is 23.2 Å². The molecule has 4 rings (SSSR count). The Morgan fingerprint density at radius 1 is 1.18 bits per heavy atom. The van der Waals surface area contributed by atoms with Crippen LogP contribution < -0.4 is 5.73 Å². The van der Waals surface area contributed by atoms with Crippen LogP contribution in [0.1, 0.15) is 30.1 Å². The second-order valence-corrected chi connectivity index (χ2v) is 7.30. The van der Waals surface area contributed by atoms with Crippen LogP contribution in [-0.4, -0.2) is 48.6 Å². The number of benzene rings is 1. The van der Waals surface area contributed by atoms with Gasteiger partial charge in [-0.05, 0) is 18.1 Å². The van der Waals surface area contributed by atoms with Crippen molar-refractivity contribution in [3.05, 3.63) is 46.2 Å². The number of amides is 1. The van der Waals surface area contributed by atoms with Gasteiger partial charge in [-0.2, -0.15) is 0 Å². The van der Waals surface area contributed by atoms with E-state index in [9.17, 15) is 39.9 Å². The SMILES string of the molecule is NC(=O)C1=C(O)[C@@]2(O)C(=O)C3=C(O)c4c(O)cccc4[C@@H](O)[C@H]3C[C@H]2CC1=O. The fraction of sp³-hybridized carbons (Fsp3) is 0.316. The Morgan fingerprint density at radius 2 is 1.86 bits per heavy atom. The van der Waals surface area contributed by atoms with Crippen LogP contribution in [0, 0.1) is 11.8 Å². The standard InChI is InChI=1S/C19H17NO8/c20-18(27)13-10(22)5-6-4-8-12(16(25)19(6,28)17(13)26)15(24)11-7(14(8)23)2-1-3-9(11)21/h1-3,6,8,14,21,23-24,26,28H,4-5H2,(H2,20,27)/t6-,8-,14+,19-/m0/s1. The molecule has 3 aliphatic rings. The third kappa shape index (κ3) is 2.05. The van der Waals surface area contributed by atoms with Crippen molar-refractivity contribution in [3.8, 4) is 5.75 Å². The van der Waals surface area contributed by atoms with Crippen molar-refractivity contribution in [2.45, 2.75) is 24.5 Å². The molecule has 0 radical (unpaired) electrons. The Kier molecular flexibility index (Phi) is 3.68. The molecule has 1 aromatic rings. The van der Waals surface area contributed by atoms with Gasteiger partial charge in [-0.15, -0.1) is 0 Å². The molecule has 3 aliphatic carbocycles. The quantitative estimate of drug-likeness (QED) is 0.362. The highest BCUT2D eigenvalue weighted by molar-refractivity contribution is 6.22. The first kappa shape index (κ1) is 18.2. The largest absolute Gasteiger partial charge is 0.508 e. The van der Waals surface area contributed by atoms with E-state index in [1.165, 1.54) is 18.2 Å². The molecule has 0 unspecified atom stereocenters. The number of hydrogen-bond donors (Lipinski definition) is 6. The first-order chi connectivity index (χ1) is 13.1. The van der Waals surface area contributed by atoms with Crippen LogP contribution in [0.3, 0.4) is 0 Å². The predicted octanol–water partition coefficient (Wildman–Crippen LogP) is -0.0852. The summed E-state index contributed by atoms with van der Waals surface area (Å²) in [5.74, 6) is -7.50. The van der Waals surface area contributed by atoms with E-state index in [4.69, 9.17) is 5.73 Å². The third-order valence-electron chi connectivity index (χ3n) is 5.91. The molecule has 0 saturated heterocycles. The molecule has 0 aromatic heterocycles. The van der Waals surface area contributed by atoms with Crippen LogP contribution >= 0.6 is 0 Å². The molecule has 0 spiro atoms. The van der Waals surface area contributed by atoms with Gasteiger partial charge in [-0.1, -0.05) is 12.1 Å². The number of hydrogen-bond acceptors (Lipinski definition) is 8. The maximum Gasteiger partial charge on any atom is 0.255 e. The van der Waals surface area contributed by atoms with Gasteiger partial charge in [0.1, 0.15) is 22.8 Å². The fourth-order valence-corrected chi connectivity index (χ4v) is 4.57. The molecule has 0 heterocycles. The highest BCUT2D eigenvalue weighted by Crippen LogP contribution is 2.54. The molecule has 4 atom stereocenters. The topological polar surface area (TPSA) is 178 Å². The van der Waals surface area contributed by atoms with Gasteiger partial charge in [-0.3, -0.25) is 14.4 Å². The number of aromatic hydroxyl groups is 1. The maximum absolute atomic E-state index is 13.2. The molecule has 9 heteroatoms. The monoisotopic (exact) mass is 387 g/mol. The van der Waals surface area contributed by atoms with E-state index in [0.29, 0.717) is 0 Å². The van der Waals surface area contributed by atoms with Crippen molar-refractivity contribution in [1.29, 1.82) is 0 Å². The van der Waals surface area contributed by atoms with Crippen LogP contribution in [0.25, 0.3) is 5.76 Å². The number of carbonyl (C=O) groups is 3. The minimum Gasteiger partial charge on any atom is -0.508 e. The Hall–Kier alpha value is -3.17. The van der Waals surface area contributed by atoms with Crippen LogP contribution in [0.15, 0.2) is 35.1 Å². The lowest BCUT2D eigenvalue weighted by atomic mass is 9.58. The lowest BCUT2D eigenvalue weighted by molar-refractivity contribution is -0.149. The molecule has 7 N–H and O–H groups in total. The van der Waals surface area contributed by atoms with Gasteiger partial charge >= 0.3 is 0 Å². The van der Waals surface area contributed by atoms with Crippen LogP contribution in [0.5, 0.6) is 5.75 Å². The highest BCUT2D eigenvalue weighted by Gasteiger charge is 2.61. The number of phenolic OH excluding ortho intramolecular Hbond substituents is 1. The molecular weight excluding hydrogens is 370 g/mol. The molecule has 1 aromatic carbocycles. The van der Waals surface area contributed by atoms with E-state index in [2.05, 4.69) is 0 Å². The van der Waals surface area contributed by atoms with Crippen molar-refractivity contribution in [2.75, 3.05) is 0 Å². The molecule has 1 saturated carbocycles. The van der Waals surface area contributed by atoms with Crippen LogP contribution in [0.4, 0.5) is 0 Å². The Labute approximate surface area is 158 Å². The number of ketones is 2. The van der Waals surface area contributed by atoms with Crippen molar-refractivity contribution in [2.24, 2.45) is 17.6 Å². The Bertz CT molecular complexity index is 1020. The Balaban J connectivity index is 1.97. The van der Waals surface area contributed by atoms with Gasteiger partial charge in [0, 0.05) is 23.8 Å². The van der Waals surface area contributed by atoms with E-state index < -0.39 is 64.5 Å². The fourth-order valence-electron chi connectivity index (χ4n) is 4.57. The summed E-state index contributed by atoms with van der Waals surface area (Å²) in [7, 11) is 0. The minimum absolute atomic E-state index is 0.125. The summed E-state index contributed by atoms with van der Waals surface area (Å²) in [5, 5.41) is 52.9. The summed E-state index contributed by atoms with van der Waals surface area (Å²) < 4.78 is 0. The van der Waals surface area contributed by atoms with Crippen molar-refractivity contribution in [3.63, 3.8) is 0 Å². The van der Waals surface area contributed by atoms with Gasteiger partial charge in [0.05, 0.1) is 11.7 Å². The van der Waals surface area contributed by atoms with Crippen LogP contribution in [0.2, 0.25) is 0 Å². The first-order valence-corrected chi connectivity index (χ1v) is 8.58. The second-order valence-electron chi connectivity index (χ2n) is 7.30. The average molecular weight is 387 g/mol. The van der Waals surface area contributed by atoms with E-state index in [1.54, 1.807) is 0 Å². The second kappa shape index (κ2) is 5.66. The average Bonchev–Trinajstić information content (AvgIpc) is 2.62. The molecule has 0 bridgehead atoms. The van der Waals surface area contributed by atoms with Gasteiger partial charge in [0.15, 0.2) is 11.4 Å². The van der Waals surface area contributed by atoms with E-state index in [1.807, 2.05) is 0 Å². The number of phenols is 1. The molecule has 9 nitrogen and oxygen atoms in total.